The summed E-state index contributed by atoms with van der Waals surface area (Å²) < 4.78 is 15.0. The number of nitrogens with one attached hydrogen (secondary N) is 1. The first-order valence-corrected chi connectivity index (χ1v) is 8.53. The average Bonchev–Trinajstić information content (AvgIpc) is 3.18. The first-order valence-electron chi connectivity index (χ1n) is 8.53. The second kappa shape index (κ2) is 7.14. The minimum atomic E-state index is -0.270. The van der Waals surface area contributed by atoms with Gasteiger partial charge in [0.05, 0.1) is 5.69 Å². The van der Waals surface area contributed by atoms with Gasteiger partial charge in [-0.2, -0.15) is 5.10 Å². The molecule has 1 fully saturated rings. The van der Waals surface area contributed by atoms with Crippen LogP contribution >= 0.6 is 12.4 Å². The van der Waals surface area contributed by atoms with Gasteiger partial charge in [-0.25, -0.2) is 9.07 Å². The van der Waals surface area contributed by atoms with E-state index in [2.05, 4.69) is 17.3 Å². The third-order valence-corrected chi connectivity index (χ3v) is 4.97. The number of hydrogen-bond acceptors (Lipinski definition) is 3. The topological polar surface area (TPSA) is 50.2 Å². The van der Waals surface area contributed by atoms with Gasteiger partial charge >= 0.3 is 0 Å². The maximum atomic E-state index is 13.2. The highest BCUT2D eigenvalue weighted by atomic mass is 35.5. The van der Waals surface area contributed by atoms with Crippen molar-refractivity contribution in [2.24, 2.45) is 0 Å². The Morgan fingerprint density at radius 2 is 2.04 bits per heavy atom. The fourth-order valence-electron chi connectivity index (χ4n) is 3.68. The number of amides is 1. The molecule has 4 rings (SSSR count). The van der Waals surface area contributed by atoms with Crippen molar-refractivity contribution in [1.82, 2.24) is 20.0 Å². The van der Waals surface area contributed by atoms with E-state index in [1.165, 1.54) is 12.1 Å². The zero-order valence-corrected chi connectivity index (χ0v) is 15.0. The van der Waals surface area contributed by atoms with Gasteiger partial charge in [0.25, 0.3) is 5.91 Å². The molecule has 134 valence electrons. The number of halogens is 2. The van der Waals surface area contributed by atoms with Crippen molar-refractivity contribution in [3.8, 4) is 5.69 Å². The number of nitrogens with zero attached hydrogens (tertiary/aromatic N) is 3. The zero-order valence-electron chi connectivity index (χ0n) is 14.2. The van der Waals surface area contributed by atoms with Crippen molar-refractivity contribution in [3.63, 3.8) is 0 Å². The fraction of sp³-hybridized carbons (Fsp3) is 0.444. The molecule has 0 radical (unpaired) electrons. The number of piperazine rings is 1. The molecule has 2 heterocycles. The molecule has 2 aromatic rings. The average molecular weight is 365 g/mol. The predicted molar refractivity (Wildman–Crippen MR) is 96.2 cm³/mol. The summed E-state index contributed by atoms with van der Waals surface area (Å²) in [4.78, 5) is 14.9. The summed E-state index contributed by atoms with van der Waals surface area (Å²) in [5.41, 5.74) is 3.53. The number of rotatable bonds is 2. The Morgan fingerprint density at radius 3 is 2.76 bits per heavy atom. The summed E-state index contributed by atoms with van der Waals surface area (Å²) in [6, 6.07) is 6.45. The lowest BCUT2D eigenvalue weighted by molar-refractivity contribution is 0.0648. The summed E-state index contributed by atoms with van der Waals surface area (Å²) in [5, 5.41) is 7.93. The van der Waals surface area contributed by atoms with E-state index in [4.69, 9.17) is 0 Å². The van der Waals surface area contributed by atoms with Crippen molar-refractivity contribution in [2.75, 3.05) is 19.6 Å². The standard InChI is InChI=1S/C18H21FN4O.ClH/c1-12-11-20-9-10-22(12)18(24)17-15-3-2-4-16(15)23(21-17)14-7-5-13(19)6-8-14;/h5-8,12,20H,2-4,9-11H2,1H3;1H/t12-;/m1./s1. The zero-order chi connectivity index (χ0) is 16.7. The van der Waals surface area contributed by atoms with Crippen LogP contribution < -0.4 is 5.32 Å². The highest BCUT2D eigenvalue weighted by Gasteiger charge is 2.32. The molecule has 25 heavy (non-hydrogen) atoms. The number of benzene rings is 1. The molecule has 2 aliphatic rings. The van der Waals surface area contributed by atoms with Crippen LogP contribution in [0.25, 0.3) is 5.69 Å². The lowest BCUT2D eigenvalue weighted by Crippen LogP contribution is -2.52. The van der Waals surface area contributed by atoms with Crippen LogP contribution in [0, 0.1) is 5.82 Å². The van der Waals surface area contributed by atoms with Gasteiger partial charge in [-0.1, -0.05) is 0 Å². The monoisotopic (exact) mass is 364 g/mol. The van der Waals surface area contributed by atoms with E-state index in [-0.39, 0.29) is 30.2 Å². The molecule has 1 aliphatic heterocycles. The second-order valence-corrected chi connectivity index (χ2v) is 6.57. The SMILES string of the molecule is C[C@@H]1CNCCN1C(=O)c1nn(-c2ccc(F)cc2)c2c1CCC2.Cl. The van der Waals surface area contributed by atoms with Crippen molar-refractivity contribution >= 4 is 18.3 Å². The summed E-state index contributed by atoms with van der Waals surface area (Å²) in [7, 11) is 0. The summed E-state index contributed by atoms with van der Waals surface area (Å²) in [5.74, 6) is -0.253. The molecule has 1 N–H and O–H groups in total. The number of carbonyl (C=O) groups excluding carboxylic acids is 1. The third kappa shape index (κ3) is 3.16. The number of hydrogen-bond donors (Lipinski definition) is 1. The maximum Gasteiger partial charge on any atom is 0.274 e. The van der Waals surface area contributed by atoms with Crippen LogP contribution in [-0.2, 0) is 12.8 Å². The van der Waals surface area contributed by atoms with Crippen molar-refractivity contribution < 1.29 is 9.18 Å². The number of carbonyl (C=O) groups is 1. The highest BCUT2D eigenvalue weighted by Crippen LogP contribution is 2.29. The Hall–Kier alpha value is -1.92. The molecule has 5 nitrogen and oxygen atoms in total. The van der Waals surface area contributed by atoms with Gasteiger partial charge in [0.1, 0.15) is 5.82 Å². The van der Waals surface area contributed by atoms with Gasteiger partial charge in [0, 0.05) is 36.9 Å². The Bertz CT molecular complexity index is 774. The molecule has 1 aromatic carbocycles. The van der Waals surface area contributed by atoms with Crippen LogP contribution in [0.2, 0.25) is 0 Å². The van der Waals surface area contributed by atoms with Gasteiger partial charge in [-0.3, -0.25) is 4.79 Å². The summed E-state index contributed by atoms with van der Waals surface area (Å²) in [6.07, 6.45) is 2.83. The fourth-order valence-corrected chi connectivity index (χ4v) is 3.68. The largest absolute Gasteiger partial charge is 0.332 e. The van der Waals surface area contributed by atoms with Crippen LogP contribution in [0.4, 0.5) is 4.39 Å². The first-order chi connectivity index (χ1) is 11.6. The van der Waals surface area contributed by atoms with Crippen LogP contribution in [0.15, 0.2) is 24.3 Å². The molecular weight excluding hydrogens is 343 g/mol. The molecule has 0 bridgehead atoms. The van der Waals surface area contributed by atoms with Crippen LogP contribution in [-0.4, -0.2) is 46.3 Å². The van der Waals surface area contributed by atoms with Crippen LogP contribution in [0.3, 0.4) is 0 Å². The van der Waals surface area contributed by atoms with Crippen molar-refractivity contribution in [3.05, 3.63) is 47.0 Å². The molecule has 0 saturated carbocycles. The minimum Gasteiger partial charge on any atom is -0.332 e. The van der Waals surface area contributed by atoms with Gasteiger partial charge < -0.3 is 10.2 Å². The molecule has 0 spiro atoms. The van der Waals surface area contributed by atoms with Gasteiger partial charge in [0.2, 0.25) is 0 Å². The van der Waals surface area contributed by atoms with Gasteiger partial charge in [0.15, 0.2) is 5.69 Å². The van der Waals surface area contributed by atoms with E-state index in [9.17, 15) is 9.18 Å². The van der Waals surface area contributed by atoms with Gasteiger partial charge in [-0.05, 0) is 50.5 Å². The molecule has 1 aliphatic carbocycles. The summed E-state index contributed by atoms with van der Waals surface area (Å²) >= 11 is 0. The molecular formula is C18H22ClFN4O. The number of aromatic nitrogens is 2. The normalized spacial score (nSPS) is 19.4. The quantitative estimate of drug-likeness (QED) is 0.890. The molecule has 1 amide bonds. The second-order valence-electron chi connectivity index (χ2n) is 6.57. The smallest absolute Gasteiger partial charge is 0.274 e. The van der Waals surface area contributed by atoms with E-state index in [0.717, 1.165) is 49.3 Å². The first kappa shape index (κ1) is 17.9. The van der Waals surface area contributed by atoms with Crippen molar-refractivity contribution in [1.29, 1.82) is 0 Å². The van der Waals surface area contributed by atoms with Gasteiger partial charge in [-0.15, -0.1) is 12.4 Å². The molecule has 1 aromatic heterocycles. The van der Waals surface area contributed by atoms with E-state index in [1.807, 2.05) is 9.58 Å². The number of fused-ring (bicyclic) bond motifs is 1. The lowest BCUT2D eigenvalue weighted by Gasteiger charge is -2.33. The predicted octanol–water partition coefficient (Wildman–Crippen LogP) is 2.36. The van der Waals surface area contributed by atoms with E-state index < -0.39 is 0 Å². The molecule has 7 heteroatoms. The highest BCUT2D eigenvalue weighted by molar-refractivity contribution is 5.94. The van der Waals surface area contributed by atoms with E-state index in [1.54, 1.807) is 12.1 Å². The van der Waals surface area contributed by atoms with Crippen molar-refractivity contribution in [2.45, 2.75) is 32.2 Å². The minimum absolute atomic E-state index is 0. The Morgan fingerprint density at radius 1 is 1.28 bits per heavy atom. The third-order valence-electron chi connectivity index (χ3n) is 4.97. The Balaban J connectivity index is 0.00000182. The lowest BCUT2D eigenvalue weighted by atomic mass is 10.1. The Kier molecular flexibility index (Phi) is 5.11. The van der Waals surface area contributed by atoms with Crippen LogP contribution in [0.1, 0.15) is 35.1 Å². The molecule has 0 unspecified atom stereocenters. The van der Waals surface area contributed by atoms with E-state index >= 15 is 0 Å². The molecule has 1 atom stereocenters. The maximum absolute atomic E-state index is 13.2. The summed E-state index contributed by atoms with van der Waals surface area (Å²) in [6.45, 7) is 4.39. The van der Waals surface area contributed by atoms with Crippen LogP contribution in [0.5, 0.6) is 0 Å². The Labute approximate surface area is 152 Å². The molecule has 1 saturated heterocycles. The van der Waals surface area contributed by atoms with E-state index in [0.29, 0.717) is 12.2 Å².